The minimum atomic E-state index is 0.235. The van der Waals surface area contributed by atoms with Crippen LogP contribution in [0.3, 0.4) is 0 Å². The Hall–Kier alpha value is -2.37. The number of aromatic nitrogens is 4. The van der Waals surface area contributed by atoms with Crippen molar-refractivity contribution in [2.24, 2.45) is 0 Å². The topological polar surface area (TPSA) is 64.9 Å². The van der Waals surface area contributed by atoms with Crippen molar-refractivity contribution < 1.29 is 4.74 Å². The van der Waals surface area contributed by atoms with Crippen molar-refractivity contribution in [2.45, 2.75) is 25.9 Å². The van der Waals surface area contributed by atoms with Crippen LogP contribution >= 0.6 is 0 Å². The van der Waals surface area contributed by atoms with Crippen molar-refractivity contribution in [3.8, 4) is 5.69 Å². The summed E-state index contributed by atoms with van der Waals surface area (Å²) >= 11 is 0. The quantitative estimate of drug-likeness (QED) is 0.922. The number of allylic oxidation sites excluding steroid dienone is 1. The average molecular weight is 271 g/mol. The van der Waals surface area contributed by atoms with Crippen LogP contribution in [0.4, 0.5) is 5.69 Å². The molecule has 1 aromatic carbocycles. The van der Waals surface area contributed by atoms with Gasteiger partial charge in [0.1, 0.15) is 6.10 Å². The van der Waals surface area contributed by atoms with Gasteiger partial charge in [-0.05, 0) is 54.5 Å². The molecule has 1 aliphatic heterocycles. The Bertz CT molecular complexity index is 607. The van der Waals surface area contributed by atoms with Gasteiger partial charge in [-0.2, -0.15) is 4.68 Å². The third-order valence-electron chi connectivity index (χ3n) is 3.27. The molecule has 0 radical (unpaired) electrons. The van der Waals surface area contributed by atoms with Gasteiger partial charge in [0.05, 0.1) is 18.5 Å². The summed E-state index contributed by atoms with van der Waals surface area (Å²) in [7, 11) is 0. The normalized spacial score (nSPS) is 17.8. The molecule has 0 aliphatic carbocycles. The highest BCUT2D eigenvalue weighted by Crippen LogP contribution is 2.16. The SMILES string of the molecule is Cc1nnnn1-c1cccc(NCC2CCC=CO2)c1. The molecule has 6 nitrogen and oxygen atoms in total. The third-order valence-corrected chi connectivity index (χ3v) is 3.27. The van der Waals surface area contributed by atoms with E-state index >= 15 is 0 Å². The second-order valence-corrected chi connectivity index (χ2v) is 4.78. The second kappa shape index (κ2) is 5.73. The minimum absolute atomic E-state index is 0.235. The molecular formula is C14H17N5O. The van der Waals surface area contributed by atoms with Gasteiger partial charge in [-0.15, -0.1) is 5.10 Å². The molecule has 6 heteroatoms. The number of nitrogens with zero attached hydrogens (tertiary/aromatic N) is 4. The van der Waals surface area contributed by atoms with Gasteiger partial charge >= 0.3 is 0 Å². The first-order valence-corrected chi connectivity index (χ1v) is 6.73. The van der Waals surface area contributed by atoms with E-state index < -0.39 is 0 Å². The van der Waals surface area contributed by atoms with Crippen LogP contribution in [0.25, 0.3) is 5.69 Å². The largest absolute Gasteiger partial charge is 0.497 e. The monoisotopic (exact) mass is 271 g/mol. The minimum Gasteiger partial charge on any atom is -0.497 e. The highest BCUT2D eigenvalue weighted by atomic mass is 16.5. The molecule has 0 saturated heterocycles. The lowest BCUT2D eigenvalue weighted by Crippen LogP contribution is -2.23. The van der Waals surface area contributed by atoms with Crippen molar-refractivity contribution in [2.75, 3.05) is 11.9 Å². The van der Waals surface area contributed by atoms with Gasteiger partial charge in [-0.25, -0.2) is 0 Å². The van der Waals surface area contributed by atoms with Crippen LogP contribution in [0.2, 0.25) is 0 Å². The van der Waals surface area contributed by atoms with E-state index in [1.54, 1.807) is 10.9 Å². The highest BCUT2D eigenvalue weighted by Gasteiger charge is 2.10. The first kappa shape index (κ1) is 12.7. The first-order valence-electron chi connectivity index (χ1n) is 6.73. The standard InChI is InChI=1S/C14H17N5O/c1-11-16-17-18-19(11)13-6-4-5-12(9-13)15-10-14-7-2-3-8-20-14/h3-6,8-9,14-15H,2,7,10H2,1H3. The molecule has 1 aromatic heterocycles. The maximum Gasteiger partial charge on any atom is 0.153 e. The fourth-order valence-corrected chi connectivity index (χ4v) is 2.18. The van der Waals surface area contributed by atoms with Gasteiger partial charge in [0, 0.05) is 5.69 Å². The van der Waals surface area contributed by atoms with Crippen LogP contribution in [0.5, 0.6) is 0 Å². The number of hydrogen-bond donors (Lipinski definition) is 1. The molecule has 20 heavy (non-hydrogen) atoms. The van der Waals surface area contributed by atoms with Crippen molar-refractivity contribution >= 4 is 5.69 Å². The van der Waals surface area contributed by atoms with Crippen molar-refractivity contribution in [3.63, 3.8) is 0 Å². The first-order chi connectivity index (χ1) is 9.83. The molecule has 0 amide bonds. The van der Waals surface area contributed by atoms with Crippen molar-refractivity contribution in [3.05, 3.63) is 42.4 Å². The Kier molecular flexibility index (Phi) is 3.62. The maximum absolute atomic E-state index is 5.54. The number of anilines is 1. The van der Waals surface area contributed by atoms with Gasteiger partial charge in [-0.1, -0.05) is 6.07 Å². The molecule has 0 spiro atoms. The van der Waals surface area contributed by atoms with Gasteiger partial charge in [0.25, 0.3) is 0 Å². The van der Waals surface area contributed by atoms with E-state index in [-0.39, 0.29) is 6.10 Å². The third kappa shape index (κ3) is 2.79. The van der Waals surface area contributed by atoms with Gasteiger partial charge in [0.15, 0.2) is 5.82 Å². The zero-order valence-corrected chi connectivity index (χ0v) is 11.4. The lowest BCUT2D eigenvalue weighted by Gasteiger charge is -2.20. The van der Waals surface area contributed by atoms with Crippen LogP contribution in [-0.4, -0.2) is 32.9 Å². The molecule has 1 aliphatic rings. The van der Waals surface area contributed by atoms with Crippen LogP contribution in [0.15, 0.2) is 36.6 Å². The number of benzene rings is 1. The Labute approximate surface area is 117 Å². The summed E-state index contributed by atoms with van der Waals surface area (Å²) in [4.78, 5) is 0. The molecule has 3 rings (SSSR count). The molecule has 104 valence electrons. The Morgan fingerprint density at radius 2 is 2.40 bits per heavy atom. The van der Waals surface area contributed by atoms with Gasteiger partial charge < -0.3 is 10.1 Å². The van der Waals surface area contributed by atoms with Crippen molar-refractivity contribution in [1.82, 2.24) is 20.2 Å². The summed E-state index contributed by atoms with van der Waals surface area (Å²) in [6, 6.07) is 8.03. The van der Waals surface area contributed by atoms with E-state index in [0.717, 1.165) is 36.6 Å². The summed E-state index contributed by atoms with van der Waals surface area (Å²) < 4.78 is 7.25. The fourth-order valence-electron chi connectivity index (χ4n) is 2.18. The summed E-state index contributed by atoms with van der Waals surface area (Å²) in [5, 5.41) is 14.9. The highest BCUT2D eigenvalue weighted by molar-refractivity contribution is 5.51. The van der Waals surface area contributed by atoms with E-state index in [4.69, 9.17) is 4.74 Å². The average Bonchev–Trinajstić information content (AvgIpc) is 2.93. The van der Waals surface area contributed by atoms with E-state index in [0.29, 0.717) is 0 Å². The molecule has 0 fully saturated rings. The lowest BCUT2D eigenvalue weighted by molar-refractivity contribution is 0.135. The molecule has 1 unspecified atom stereocenters. The molecule has 2 heterocycles. The summed E-state index contributed by atoms with van der Waals surface area (Å²) in [5.41, 5.74) is 1.98. The van der Waals surface area contributed by atoms with E-state index in [1.165, 1.54) is 0 Å². The fraction of sp³-hybridized carbons (Fsp3) is 0.357. The summed E-state index contributed by atoms with van der Waals surface area (Å²) in [6.07, 6.45) is 6.21. The maximum atomic E-state index is 5.54. The zero-order chi connectivity index (χ0) is 13.8. The Balaban J connectivity index is 1.68. The number of tetrazole rings is 1. The molecule has 0 saturated carbocycles. The number of hydrogen-bond acceptors (Lipinski definition) is 5. The zero-order valence-electron chi connectivity index (χ0n) is 11.4. The summed E-state index contributed by atoms with van der Waals surface area (Å²) in [5.74, 6) is 0.767. The van der Waals surface area contributed by atoms with E-state index in [9.17, 15) is 0 Å². The smallest absolute Gasteiger partial charge is 0.153 e. The van der Waals surface area contributed by atoms with Crippen LogP contribution in [0.1, 0.15) is 18.7 Å². The molecule has 1 atom stereocenters. The predicted octanol–water partition coefficient (Wildman–Crippen LogP) is 2.08. The van der Waals surface area contributed by atoms with Crippen LogP contribution in [0, 0.1) is 6.92 Å². The Morgan fingerprint density at radius 1 is 1.45 bits per heavy atom. The molecular weight excluding hydrogens is 254 g/mol. The van der Waals surface area contributed by atoms with Crippen LogP contribution in [-0.2, 0) is 4.74 Å². The predicted molar refractivity (Wildman–Crippen MR) is 75.6 cm³/mol. The second-order valence-electron chi connectivity index (χ2n) is 4.78. The molecule has 1 N–H and O–H groups in total. The van der Waals surface area contributed by atoms with E-state index in [2.05, 4.69) is 26.9 Å². The van der Waals surface area contributed by atoms with Gasteiger partial charge in [-0.3, -0.25) is 0 Å². The number of rotatable bonds is 4. The van der Waals surface area contributed by atoms with Crippen molar-refractivity contribution in [1.29, 1.82) is 0 Å². The number of aryl methyl sites for hydroxylation is 1. The number of nitrogens with one attached hydrogen (secondary N) is 1. The lowest BCUT2D eigenvalue weighted by atomic mass is 10.1. The van der Waals surface area contributed by atoms with Crippen LogP contribution < -0.4 is 5.32 Å². The molecule has 2 aromatic rings. The number of ether oxygens (including phenoxy) is 1. The summed E-state index contributed by atoms with van der Waals surface area (Å²) in [6.45, 7) is 2.67. The van der Waals surface area contributed by atoms with Gasteiger partial charge in [0.2, 0.25) is 0 Å². The van der Waals surface area contributed by atoms with E-state index in [1.807, 2.05) is 31.2 Å². The Morgan fingerprint density at radius 3 is 3.15 bits per heavy atom. The molecule has 0 bridgehead atoms.